The van der Waals surface area contributed by atoms with Crippen molar-refractivity contribution in [3.8, 4) is 0 Å². The van der Waals surface area contributed by atoms with Gasteiger partial charge in [0.1, 0.15) is 0 Å². The van der Waals surface area contributed by atoms with Crippen LogP contribution in [0.3, 0.4) is 0 Å². The second-order valence-corrected chi connectivity index (χ2v) is 7.48. The number of sulfonamides is 1. The molecular weight excluding hydrogens is 416 g/mol. The normalized spacial score (nSPS) is 13.3. The maximum Gasteiger partial charge on any atom is 0.416 e. The molecule has 162 valence electrons. The minimum absolute atomic E-state index is 0.0764. The van der Waals surface area contributed by atoms with Gasteiger partial charge in [0, 0.05) is 26.3 Å². The molecule has 0 aliphatic carbocycles. The Balaban J connectivity index is 3.40. The van der Waals surface area contributed by atoms with Gasteiger partial charge in [-0.05, 0) is 32.0 Å². The zero-order chi connectivity index (χ0) is 21.6. The fourth-order valence-electron chi connectivity index (χ4n) is 2.20. The summed E-state index contributed by atoms with van der Waals surface area (Å²) >= 11 is 0. The smallest absolute Gasteiger partial charge is 0.380 e. The fourth-order valence-corrected chi connectivity index (χ4v) is 3.68. The summed E-state index contributed by atoms with van der Waals surface area (Å²) in [4.78, 5) is -1.09. The van der Waals surface area contributed by atoms with Crippen molar-refractivity contribution in [2.45, 2.75) is 31.1 Å². The Hall–Kier alpha value is -1.37. The van der Waals surface area contributed by atoms with Crippen LogP contribution in [0.4, 0.5) is 26.3 Å². The predicted molar refractivity (Wildman–Crippen MR) is 88.2 cm³/mol. The number of hydrogen-bond donors (Lipinski definition) is 0. The molecule has 0 aliphatic rings. The van der Waals surface area contributed by atoms with Crippen LogP contribution in [0.15, 0.2) is 23.1 Å². The number of hydrogen-bond acceptors (Lipinski definition) is 4. The first-order chi connectivity index (χ1) is 12.8. The van der Waals surface area contributed by atoms with Crippen molar-refractivity contribution in [2.24, 2.45) is 0 Å². The molecule has 0 radical (unpaired) electrons. The van der Waals surface area contributed by atoms with Gasteiger partial charge >= 0.3 is 12.4 Å². The lowest BCUT2D eigenvalue weighted by molar-refractivity contribution is -0.143. The molecule has 12 heteroatoms. The molecule has 0 saturated heterocycles. The van der Waals surface area contributed by atoms with E-state index in [1.807, 2.05) is 0 Å². The monoisotopic (exact) mass is 437 g/mol. The summed E-state index contributed by atoms with van der Waals surface area (Å²) < 4.78 is 114. The lowest BCUT2D eigenvalue weighted by Gasteiger charge is -2.23. The highest BCUT2D eigenvalue weighted by Gasteiger charge is 2.39. The third-order valence-electron chi connectivity index (χ3n) is 3.58. The van der Waals surface area contributed by atoms with Crippen molar-refractivity contribution in [2.75, 3.05) is 39.5 Å². The van der Waals surface area contributed by atoms with Crippen LogP contribution in [-0.4, -0.2) is 52.2 Å². The molecule has 28 heavy (non-hydrogen) atoms. The van der Waals surface area contributed by atoms with E-state index in [4.69, 9.17) is 9.47 Å². The highest BCUT2D eigenvalue weighted by atomic mass is 32.2. The van der Waals surface area contributed by atoms with E-state index in [1.165, 1.54) is 0 Å². The van der Waals surface area contributed by atoms with Crippen LogP contribution in [-0.2, 0) is 31.8 Å². The summed E-state index contributed by atoms with van der Waals surface area (Å²) in [6, 6.07) is 0.265. The van der Waals surface area contributed by atoms with Crippen molar-refractivity contribution in [3.05, 3.63) is 29.3 Å². The molecule has 0 heterocycles. The van der Waals surface area contributed by atoms with Gasteiger partial charge in [-0.1, -0.05) is 0 Å². The van der Waals surface area contributed by atoms with E-state index in [0.717, 1.165) is 4.31 Å². The van der Waals surface area contributed by atoms with Gasteiger partial charge in [-0.25, -0.2) is 8.42 Å². The van der Waals surface area contributed by atoms with Gasteiger partial charge in [0.15, 0.2) is 0 Å². The molecule has 5 nitrogen and oxygen atoms in total. The van der Waals surface area contributed by atoms with Crippen LogP contribution in [0.5, 0.6) is 0 Å². The van der Waals surface area contributed by atoms with E-state index >= 15 is 0 Å². The first-order valence-corrected chi connectivity index (χ1v) is 9.73. The van der Waals surface area contributed by atoms with Gasteiger partial charge in [0.25, 0.3) is 0 Å². The number of alkyl halides is 6. The number of halogens is 6. The summed E-state index contributed by atoms with van der Waals surface area (Å²) in [6.07, 6.45) is -10.3. The van der Waals surface area contributed by atoms with Gasteiger partial charge in [-0.2, -0.15) is 30.6 Å². The van der Waals surface area contributed by atoms with E-state index in [2.05, 4.69) is 0 Å². The van der Waals surface area contributed by atoms with Crippen molar-refractivity contribution in [1.29, 1.82) is 0 Å². The standard InChI is InChI=1S/C16H21F6NO4S/c1-3-26-7-5-23(6-8-27-4-2)28(24,25)14-10-12(15(17,18)19)9-13(11-14)16(20,21)22/h9-11H,3-8H2,1-2H3. The first-order valence-electron chi connectivity index (χ1n) is 8.29. The Kier molecular flexibility index (Phi) is 8.72. The maximum absolute atomic E-state index is 13.0. The lowest BCUT2D eigenvalue weighted by atomic mass is 10.1. The summed E-state index contributed by atoms with van der Waals surface area (Å²) in [5.74, 6) is 0. The van der Waals surface area contributed by atoms with Crippen LogP contribution in [0.2, 0.25) is 0 Å². The van der Waals surface area contributed by atoms with Gasteiger partial charge in [0.05, 0.1) is 29.2 Å². The molecule has 1 aromatic rings. The van der Waals surface area contributed by atoms with Crippen LogP contribution >= 0.6 is 0 Å². The third kappa shape index (κ3) is 6.90. The maximum atomic E-state index is 13.0. The molecule has 1 rings (SSSR count). The largest absolute Gasteiger partial charge is 0.416 e. The van der Waals surface area contributed by atoms with Gasteiger partial charge in [-0.15, -0.1) is 0 Å². The molecule has 0 spiro atoms. The van der Waals surface area contributed by atoms with Crippen molar-refractivity contribution >= 4 is 10.0 Å². The van der Waals surface area contributed by atoms with Crippen molar-refractivity contribution in [3.63, 3.8) is 0 Å². The fraction of sp³-hybridized carbons (Fsp3) is 0.625. The molecule has 0 aromatic heterocycles. The zero-order valence-corrected chi connectivity index (χ0v) is 16.0. The number of ether oxygens (including phenoxy) is 2. The second-order valence-electron chi connectivity index (χ2n) is 5.54. The molecule has 0 amide bonds. The Morgan fingerprint density at radius 3 is 1.54 bits per heavy atom. The quantitative estimate of drug-likeness (QED) is 0.413. The average molecular weight is 437 g/mol. The predicted octanol–water partition coefficient (Wildman–Crippen LogP) is 3.79. The third-order valence-corrected chi connectivity index (χ3v) is 5.45. The molecule has 0 aliphatic heterocycles. The first kappa shape index (κ1) is 24.7. The lowest BCUT2D eigenvalue weighted by Crippen LogP contribution is -2.37. The molecule has 0 unspecified atom stereocenters. The van der Waals surface area contributed by atoms with E-state index in [1.54, 1.807) is 13.8 Å². The highest BCUT2D eigenvalue weighted by molar-refractivity contribution is 7.89. The highest BCUT2D eigenvalue weighted by Crippen LogP contribution is 2.37. The van der Waals surface area contributed by atoms with Crippen LogP contribution < -0.4 is 0 Å². The van der Waals surface area contributed by atoms with Crippen molar-refractivity contribution in [1.82, 2.24) is 4.31 Å². The minimum Gasteiger partial charge on any atom is -0.380 e. The summed E-state index contributed by atoms with van der Waals surface area (Å²) in [6.45, 7) is 3.19. The van der Waals surface area contributed by atoms with Gasteiger partial charge < -0.3 is 9.47 Å². The van der Waals surface area contributed by atoms with Crippen molar-refractivity contribution < 1.29 is 44.2 Å². The van der Waals surface area contributed by atoms with Gasteiger partial charge in [0.2, 0.25) is 10.0 Å². The Labute approximate surface area is 159 Å². The summed E-state index contributed by atoms with van der Waals surface area (Å²) in [7, 11) is -4.65. The Morgan fingerprint density at radius 1 is 0.821 bits per heavy atom. The molecule has 0 bridgehead atoms. The summed E-state index contributed by atoms with van der Waals surface area (Å²) in [5, 5.41) is 0. The van der Waals surface area contributed by atoms with Gasteiger partial charge in [-0.3, -0.25) is 0 Å². The number of benzene rings is 1. The minimum atomic E-state index is -5.15. The average Bonchev–Trinajstić information content (AvgIpc) is 2.58. The summed E-state index contributed by atoms with van der Waals surface area (Å²) in [5.41, 5.74) is -3.40. The Bertz CT molecular complexity index is 691. The number of rotatable bonds is 10. The van der Waals surface area contributed by atoms with E-state index < -0.39 is 38.4 Å². The van der Waals surface area contributed by atoms with Crippen LogP contribution in [0, 0.1) is 0 Å². The SMILES string of the molecule is CCOCCN(CCOCC)S(=O)(=O)c1cc(C(F)(F)F)cc(C(F)(F)F)c1. The molecule has 0 fully saturated rings. The molecule has 0 atom stereocenters. The zero-order valence-electron chi connectivity index (χ0n) is 15.2. The van der Waals surface area contributed by atoms with Crippen LogP contribution in [0.25, 0.3) is 0 Å². The molecule has 1 aromatic carbocycles. The number of nitrogens with zero attached hydrogens (tertiary/aromatic N) is 1. The molecule has 0 saturated carbocycles. The Morgan fingerprint density at radius 2 is 1.21 bits per heavy atom. The molecular formula is C16H21F6NO4S. The van der Waals surface area contributed by atoms with E-state index in [0.29, 0.717) is 0 Å². The van der Waals surface area contributed by atoms with Crippen LogP contribution in [0.1, 0.15) is 25.0 Å². The van der Waals surface area contributed by atoms with E-state index in [9.17, 15) is 34.8 Å². The molecule has 0 N–H and O–H groups in total. The van der Waals surface area contributed by atoms with E-state index in [-0.39, 0.29) is 57.7 Å². The second kappa shape index (κ2) is 9.90. The topological polar surface area (TPSA) is 55.8 Å².